The molecule has 0 amide bonds. The van der Waals surface area contributed by atoms with Gasteiger partial charge in [-0.1, -0.05) is 52.4 Å². The van der Waals surface area contributed by atoms with Crippen LogP contribution < -0.4 is 0 Å². The van der Waals surface area contributed by atoms with E-state index in [1.54, 1.807) is 0 Å². The Morgan fingerprint density at radius 1 is 0.267 bits per heavy atom. The van der Waals surface area contributed by atoms with Crippen molar-refractivity contribution >= 4 is 58.8 Å². The Morgan fingerprint density at radius 2 is 0.500 bits per heavy atom. The van der Waals surface area contributed by atoms with E-state index < -0.39 is 0 Å². The predicted octanol–water partition coefficient (Wildman–Crippen LogP) is 9.76. The highest BCUT2D eigenvalue weighted by Gasteiger charge is 1.96. The lowest BCUT2D eigenvalue weighted by atomic mass is 10.2. The Labute approximate surface area is 212 Å². The summed E-state index contributed by atoms with van der Waals surface area (Å²) in [6.45, 7) is 4.53. The predicted molar refractivity (Wildman–Crippen MR) is 158 cm³/mol. The van der Waals surface area contributed by atoms with Gasteiger partial charge >= 0.3 is 0 Å². The molecule has 0 radical (unpaired) electrons. The summed E-state index contributed by atoms with van der Waals surface area (Å²) >= 11 is 10.8. The first-order valence-electron chi connectivity index (χ1n) is 12.8. The topological polar surface area (TPSA) is 0 Å². The lowest BCUT2D eigenvalue weighted by Gasteiger charge is -2.04. The van der Waals surface area contributed by atoms with Gasteiger partial charge in [-0.2, -0.15) is 58.8 Å². The summed E-state index contributed by atoms with van der Waals surface area (Å²) in [6, 6.07) is 0. The van der Waals surface area contributed by atoms with Crippen LogP contribution in [0.5, 0.6) is 0 Å². The molecule has 30 heavy (non-hydrogen) atoms. The average Bonchev–Trinajstić information content (AvgIpc) is 2.76. The van der Waals surface area contributed by atoms with Crippen LogP contribution in [0.3, 0.4) is 0 Å². The van der Waals surface area contributed by atoms with Crippen molar-refractivity contribution in [1.29, 1.82) is 0 Å². The van der Waals surface area contributed by atoms with E-state index >= 15 is 0 Å². The second-order valence-corrected chi connectivity index (χ2v) is 14.3. The Kier molecular flexibility index (Phi) is 32.5. The Bertz CT molecular complexity index is 261. The summed E-state index contributed by atoms with van der Waals surface area (Å²) in [5.74, 6) is 13.7. The minimum atomic E-state index is 1.28. The van der Waals surface area contributed by atoms with E-state index in [0.29, 0.717) is 0 Å². The first kappa shape index (κ1) is 31.8. The van der Waals surface area contributed by atoms with Gasteiger partial charge in [0.2, 0.25) is 0 Å². The van der Waals surface area contributed by atoms with E-state index in [2.05, 4.69) is 72.7 Å². The fraction of sp³-hybridized carbons (Fsp3) is 1.00. The third kappa shape index (κ3) is 29.8. The maximum atomic E-state index is 2.26. The molecule has 182 valence electrons. The molecule has 0 aromatic carbocycles. The van der Waals surface area contributed by atoms with Crippen LogP contribution in [0.25, 0.3) is 0 Å². The van der Waals surface area contributed by atoms with Gasteiger partial charge in [-0.25, -0.2) is 0 Å². The van der Waals surface area contributed by atoms with Gasteiger partial charge in [0.25, 0.3) is 0 Å². The van der Waals surface area contributed by atoms with Gasteiger partial charge in [-0.3, -0.25) is 0 Å². The fourth-order valence-corrected chi connectivity index (χ4v) is 7.66. The first-order valence-corrected chi connectivity index (χ1v) is 18.6. The van der Waals surface area contributed by atoms with Crippen molar-refractivity contribution in [3.63, 3.8) is 0 Å². The highest BCUT2D eigenvalue weighted by Crippen LogP contribution is 2.15. The Morgan fingerprint density at radius 3 is 0.767 bits per heavy atom. The van der Waals surface area contributed by atoms with Crippen molar-refractivity contribution in [2.45, 2.75) is 97.3 Å². The molecule has 0 aromatic rings. The first-order chi connectivity index (χ1) is 14.9. The molecule has 0 unspecified atom stereocenters. The molecule has 0 fully saturated rings. The standard InChI is InChI=1S/C25H52S5/c1-3-26-18-11-5-7-13-20-28-21-14-9-10-16-23-30-25-17-24-29-22-15-8-6-12-19-27-4-2/h3-25H2,1-2H3. The van der Waals surface area contributed by atoms with Gasteiger partial charge in [-0.15, -0.1) is 0 Å². The van der Waals surface area contributed by atoms with Crippen molar-refractivity contribution in [2.75, 3.05) is 57.5 Å². The van der Waals surface area contributed by atoms with Crippen LogP contribution in [0.2, 0.25) is 0 Å². The van der Waals surface area contributed by atoms with Crippen LogP contribution in [0.4, 0.5) is 0 Å². The number of rotatable bonds is 27. The van der Waals surface area contributed by atoms with Crippen LogP contribution >= 0.6 is 58.8 Å². The molecule has 0 aliphatic carbocycles. The molecule has 0 rings (SSSR count). The van der Waals surface area contributed by atoms with Crippen LogP contribution in [-0.4, -0.2) is 57.5 Å². The van der Waals surface area contributed by atoms with Crippen LogP contribution in [-0.2, 0) is 0 Å². The lowest BCUT2D eigenvalue weighted by molar-refractivity contribution is 0.704. The summed E-state index contributed by atoms with van der Waals surface area (Å²) in [7, 11) is 0. The maximum absolute atomic E-state index is 2.26. The summed E-state index contributed by atoms with van der Waals surface area (Å²) in [5, 5.41) is 0. The molecule has 0 aliphatic heterocycles. The summed E-state index contributed by atoms with van der Waals surface area (Å²) in [6.07, 6.45) is 18.7. The molecular weight excluding hydrogens is 461 g/mol. The Hall–Kier alpha value is 1.75. The van der Waals surface area contributed by atoms with Crippen molar-refractivity contribution in [3.8, 4) is 0 Å². The molecule has 0 aromatic heterocycles. The zero-order valence-corrected chi connectivity index (χ0v) is 24.4. The van der Waals surface area contributed by atoms with Crippen molar-refractivity contribution < 1.29 is 0 Å². The van der Waals surface area contributed by atoms with Gasteiger partial charge in [0.1, 0.15) is 0 Å². The van der Waals surface area contributed by atoms with E-state index in [1.165, 1.54) is 141 Å². The molecule has 5 heteroatoms. The summed E-state index contributed by atoms with van der Waals surface area (Å²) in [4.78, 5) is 0. The monoisotopic (exact) mass is 512 g/mol. The second-order valence-electron chi connectivity index (χ2n) is 7.83. The Balaban J connectivity index is 2.97. The van der Waals surface area contributed by atoms with E-state index in [0.717, 1.165) is 0 Å². The molecule has 0 N–H and O–H groups in total. The quantitative estimate of drug-likeness (QED) is 0.100. The zero-order chi connectivity index (χ0) is 21.8. The molecule has 0 spiro atoms. The molecule has 0 aliphatic rings. The summed E-state index contributed by atoms with van der Waals surface area (Å²) < 4.78 is 0. The zero-order valence-electron chi connectivity index (χ0n) is 20.3. The van der Waals surface area contributed by atoms with Gasteiger partial charge in [0.05, 0.1) is 0 Å². The molecule has 0 atom stereocenters. The number of hydrogen-bond acceptors (Lipinski definition) is 5. The van der Waals surface area contributed by atoms with Gasteiger partial charge in [-0.05, 0) is 102 Å². The highest BCUT2D eigenvalue weighted by molar-refractivity contribution is 8.00. The van der Waals surface area contributed by atoms with Gasteiger partial charge < -0.3 is 0 Å². The van der Waals surface area contributed by atoms with E-state index in [-0.39, 0.29) is 0 Å². The normalized spacial score (nSPS) is 11.4. The van der Waals surface area contributed by atoms with Gasteiger partial charge in [0, 0.05) is 0 Å². The molecule has 0 heterocycles. The van der Waals surface area contributed by atoms with Crippen molar-refractivity contribution in [2.24, 2.45) is 0 Å². The molecule has 0 saturated heterocycles. The van der Waals surface area contributed by atoms with Crippen molar-refractivity contribution in [3.05, 3.63) is 0 Å². The van der Waals surface area contributed by atoms with Crippen LogP contribution in [0, 0.1) is 0 Å². The van der Waals surface area contributed by atoms with Crippen LogP contribution in [0.1, 0.15) is 97.3 Å². The molecule has 0 bridgehead atoms. The maximum Gasteiger partial charge on any atom is -0.00597 e. The largest absolute Gasteiger partial charge is 0.162 e. The van der Waals surface area contributed by atoms with Crippen LogP contribution in [0.15, 0.2) is 0 Å². The summed E-state index contributed by atoms with van der Waals surface area (Å²) in [5.41, 5.74) is 0. The fourth-order valence-electron chi connectivity index (χ4n) is 3.14. The van der Waals surface area contributed by atoms with E-state index in [9.17, 15) is 0 Å². The van der Waals surface area contributed by atoms with E-state index in [4.69, 9.17) is 0 Å². The molecule has 0 nitrogen and oxygen atoms in total. The third-order valence-electron chi connectivity index (χ3n) is 4.97. The number of hydrogen-bond donors (Lipinski definition) is 0. The third-order valence-corrected chi connectivity index (χ3v) is 10.4. The minimum absolute atomic E-state index is 1.28. The smallest absolute Gasteiger partial charge is 0.00597 e. The van der Waals surface area contributed by atoms with Crippen molar-refractivity contribution in [1.82, 2.24) is 0 Å². The lowest BCUT2D eigenvalue weighted by Crippen LogP contribution is -1.90. The molecular formula is C25H52S5. The van der Waals surface area contributed by atoms with E-state index in [1.807, 2.05) is 0 Å². The number of thioether (sulfide) groups is 5. The van der Waals surface area contributed by atoms with Gasteiger partial charge in [0.15, 0.2) is 0 Å². The SMILES string of the molecule is CCSCCCCCCSCCCCCCSCCCSCCCCCCSCC. The second kappa shape index (κ2) is 30.8. The highest BCUT2D eigenvalue weighted by atomic mass is 32.2. The minimum Gasteiger partial charge on any atom is -0.162 e. The average molecular weight is 513 g/mol. The number of unbranched alkanes of at least 4 members (excludes halogenated alkanes) is 9. The molecule has 0 saturated carbocycles.